The van der Waals surface area contributed by atoms with Crippen LogP contribution in [0.3, 0.4) is 0 Å². The fourth-order valence-corrected chi connectivity index (χ4v) is 3.51. The fourth-order valence-electron chi connectivity index (χ4n) is 3.51. The van der Waals surface area contributed by atoms with Crippen molar-refractivity contribution >= 4 is 12.1 Å². The minimum Gasteiger partial charge on any atom is -0.489 e. The van der Waals surface area contributed by atoms with Gasteiger partial charge in [-0.3, -0.25) is 4.99 Å². The summed E-state index contributed by atoms with van der Waals surface area (Å²) in [5.74, 6) is 8.18. The minimum atomic E-state index is -0.0247. The molecular weight excluding hydrogens is 374 g/mol. The SMILES string of the molecule is N#Cc1ccc(COc2cccc(C3=NC(C4=CC=C4)=C4C=NC=C[N+]34N)c2)cc1. The summed E-state index contributed by atoms with van der Waals surface area (Å²) in [5, 5.41) is 8.92. The highest BCUT2D eigenvalue weighted by Gasteiger charge is 2.44. The van der Waals surface area contributed by atoms with Crippen LogP contribution in [0.15, 0.2) is 106 Å². The van der Waals surface area contributed by atoms with E-state index in [9.17, 15) is 0 Å². The van der Waals surface area contributed by atoms with Crippen molar-refractivity contribution in [3.63, 3.8) is 0 Å². The second-order valence-corrected chi connectivity index (χ2v) is 7.13. The third-order valence-corrected chi connectivity index (χ3v) is 5.20. The Morgan fingerprint density at radius 1 is 1.13 bits per heavy atom. The lowest BCUT2D eigenvalue weighted by molar-refractivity contribution is -0.750. The highest BCUT2D eigenvalue weighted by atomic mass is 16.5. The van der Waals surface area contributed by atoms with Gasteiger partial charge < -0.3 is 4.74 Å². The van der Waals surface area contributed by atoms with Crippen LogP contribution in [0.4, 0.5) is 0 Å². The van der Waals surface area contributed by atoms with E-state index in [1.807, 2.05) is 60.8 Å². The van der Waals surface area contributed by atoms with Crippen LogP contribution in [0, 0.1) is 11.3 Å². The molecule has 1 unspecified atom stereocenters. The van der Waals surface area contributed by atoms with Crippen molar-refractivity contribution in [3.05, 3.63) is 113 Å². The summed E-state index contributed by atoms with van der Waals surface area (Å²) >= 11 is 0. The van der Waals surface area contributed by atoms with Crippen LogP contribution < -0.4 is 10.6 Å². The molecule has 144 valence electrons. The van der Waals surface area contributed by atoms with Gasteiger partial charge in [0.25, 0.3) is 5.84 Å². The summed E-state index contributed by atoms with van der Waals surface area (Å²) in [6.45, 7) is 0.406. The molecule has 3 aliphatic rings. The molecule has 0 spiro atoms. The molecule has 2 N–H and O–H groups in total. The second-order valence-electron chi connectivity index (χ2n) is 7.13. The number of hydrogen-bond acceptors (Lipinski definition) is 5. The van der Waals surface area contributed by atoms with Crippen molar-refractivity contribution in [1.29, 1.82) is 5.26 Å². The first-order valence-corrected chi connectivity index (χ1v) is 9.51. The van der Waals surface area contributed by atoms with Crippen molar-refractivity contribution < 1.29 is 9.33 Å². The third-order valence-electron chi connectivity index (χ3n) is 5.20. The first-order valence-electron chi connectivity index (χ1n) is 9.51. The third kappa shape index (κ3) is 2.99. The Morgan fingerprint density at radius 2 is 1.97 bits per heavy atom. The van der Waals surface area contributed by atoms with E-state index in [-0.39, 0.29) is 4.59 Å². The lowest BCUT2D eigenvalue weighted by Crippen LogP contribution is -2.53. The summed E-state index contributed by atoms with van der Waals surface area (Å²) in [4.78, 5) is 9.12. The van der Waals surface area contributed by atoms with E-state index in [4.69, 9.17) is 20.8 Å². The number of benzene rings is 2. The Bertz CT molecular complexity index is 1260. The summed E-state index contributed by atoms with van der Waals surface area (Å²) < 4.78 is 5.95. The number of fused-ring (bicyclic) bond motifs is 1. The number of quaternary nitrogens is 1. The fraction of sp³-hybridized carbons (Fsp3) is 0.0417. The van der Waals surface area contributed by atoms with Gasteiger partial charge in [0.05, 0.1) is 29.6 Å². The Hall–Kier alpha value is -4.05. The lowest BCUT2D eigenvalue weighted by Gasteiger charge is -2.26. The molecule has 6 nitrogen and oxygen atoms in total. The number of amidine groups is 1. The van der Waals surface area contributed by atoms with Crippen LogP contribution in [-0.2, 0) is 6.61 Å². The number of nitriles is 1. The van der Waals surface area contributed by atoms with Crippen molar-refractivity contribution in [1.82, 2.24) is 0 Å². The van der Waals surface area contributed by atoms with Gasteiger partial charge in [0.2, 0.25) is 5.70 Å². The normalized spacial score (nSPS) is 20.9. The van der Waals surface area contributed by atoms with Gasteiger partial charge in [-0.25, -0.2) is 0 Å². The highest BCUT2D eigenvalue weighted by molar-refractivity contribution is 6.01. The zero-order chi connectivity index (χ0) is 20.6. The van der Waals surface area contributed by atoms with E-state index in [1.165, 1.54) is 0 Å². The molecule has 30 heavy (non-hydrogen) atoms. The number of ether oxygens (including phenoxy) is 1. The topological polar surface area (TPSA) is 83.8 Å². The Kier molecular flexibility index (Phi) is 4.25. The quantitative estimate of drug-likeness (QED) is 0.620. The molecule has 0 amide bonds. The molecule has 1 aliphatic carbocycles. The van der Waals surface area contributed by atoms with Crippen LogP contribution in [0.1, 0.15) is 16.7 Å². The van der Waals surface area contributed by atoms with Crippen LogP contribution >= 0.6 is 0 Å². The smallest absolute Gasteiger partial charge is 0.265 e. The molecule has 2 aromatic rings. The first kappa shape index (κ1) is 18.0. The number of rotatable bonds is 5. The summed E-state index contributed by atoms with van der Waals surface area (Å²) in [5.41, 5.74) is 5.23. The molecule has 5 rings (SSSR count). The molecule has 0 saturated carbocycles. The van der Waals surface area contributed by atoms with Gasteiger partial charge in [-0.15, -0.1) is 4.59 Å². The monoisotopic (exact) mass is 392 g/mol. The van der Waals surface area contributed by atoms with Gasteiger partial charge in [0.1, 0.15) is 24.3 Å². The molecule has 1 atom stereocenters. The van der Waals surface area contributed by atoms with E-state index >= 15 is 0 Å². The average molecular weight is 392 g/mol. The second kappa shape index (κ2) is 7.08. The predicted octanol–water partition coefficient (Wildman–Crippen LogP) is 3.85. The molecule has 2 aromatic carbocycles. The minimum absolute atomic E-state index is 0.0247. The highest BCUT2D eigenvalue weighted by Crippen LogP contribution is 2.36. The Balaban J connectivity index is 1.42. The van der Waals surface area contributed by atoms with Crippen LogP contribution in [0.2, 0.25) is 0 Å². The van der Waals surface area contributed by atoms with E-state index in [0.717, 1.165) is 33.8 Å². The van der Waals surface area contributed by atoms with Gasteiger partial charge in [-0.2, -0.15) is 16.1 Å². The van der Waals surface area contributed by atoms with Gasteiger partial charge in [0.15, 0.2) is 0 Å². The lowest BCUT2D eigenvalue weighted by atomic mass is 10.0. The molecule has 6 heteroatoms. The number of hydrogen-bond donors (Lipinski definition) is 1. The van der Waals surface area contributed by atoms with Gasteiger partial charge in [0, 0.05) is 5.57 Å². The first-order chi connectivity index (χ1) is 14.7. The summed E-state index contributed by atoms with van der Waals surface area (Å²) in [7, 11) is 0. The van der Waals surface area contributed by atoms with E-state index in [1.54, 1.807) is 24.5 Å². The van der Waals surface area contributed by atoms with Crippen molar-refractivity contribution in [2.45, 2.75) is 6.61 Å². The number of nitrogens with zero attached hydrogens (tertiary/aromatic N) is 4. The number of aliphatic imine (C=N–C) groups is 2. The predicted molar refractivity (Wildman–Crippen MR) is 115 cm³/mol. The average Bonchev–Trinajstić information content (AvgIpc) is 3.04. The molecule has 0 saturated heterocycles. The maximum atomic E-state index is 8.92. The standard InChI is InChI=1S/C24H18N5O/c25-14-17-7-9-18(10-8-17)16-30-21-6-2-5-20(13-21)24-28-23(19-3-1-4-19)22-15-27-11-12-29(22,24)26/h1-13,15H,16,26H2/q+1. The van der Waals surface area contributed by atoms with E-state index < -0.39 is 0 Å². The van der Waals surface area contributed by atoms with E-state index in [0.29, 0.717) is 18.0 Å². The zero-order valence-electron chi connectivity index (χ0n) is 16.1. The zero-order valence-corrected chi connectivity index (χ0v) is 16.1. The molecule has 0 aromatic heterocycles. The number of allylic oxidation sites excluding steroid dienone is 4. The van der Waals surface area contributed by atoms with Crippen LogP contribution in [0.5, 0.6) is 5.75 Å². The van der Waals surface area contributed by atoms with Crippen molar-refractivity contribution in [3.8, 4) is 11.8 Å². The molecule has 0 radical (unpaired) electrons. The van der Waals surface area contributed by atoms with Gasteiger partial charge >= 0.3 is 0 Å². The maximum absolute atomic E-state index is 8.92. The maximum Gasteiger partial charge on any atom is 0.265 e. The van der Waals surface area contributed by atoms with Crippen molar-refractivity contribution in [2.75, 3.05) is 0 Å². The molecule has 0 fully saturated rings. The van der Waals surface area contributed by atoms with E-state index in [2.05, 4.69) is 11.1 Å². The van der Waals surface area contributed by atoms with Crippen LogP contribution in [-0.4, -0.2) is 16.6 Å². The molecule has 0 bridgehead atoms. The Morgan fingerprint density at radius 3 is 2.70 bits per heavy atom. The molecule has 2 aliphatic heterocycles. The van der Waals surface area contributed by atoms with Crippen molar-refractivity contribution in [2.24, 2.45) is 15.8 Å². The largest absolute Gasteiger partial charge is 0.489 e. The molecular formula is C24H18N5O+. The van der Waals surface area contributed by atoms with Crippen LogP contribution in [0.25, 0.3) is 0 Å². The summed E-state index contributed by atoms with van der Waals surface area (Å²) in [6, 6.07) is 17.2. The number of nitrogens with two attached hydrogens (primary N) is 1. The molecule has 2 heterocycles. The Labute approximate surface area is 174 Å². The summed E-state index contributed by atoms with van der Waals surface area (Å²) in [6.07, 6.45) is 11.3. The van der Waals surface area contributed by atoms with Gasteiger partial charge in [-0.05, 0) is 35.9 Å². The van der Waals surface area contributed by atoms with Gasteiger partial charge in [-0.1, -0.05) is 36.4 Å².